The van der Waals surface area contributed by atoms with E-state index < -0.39 is 0 Å². The van der Waals surface area contributed by atoms with E-state index in [0.717, 1.165) is 0 Å². The Morgan fingerprint density at radius 1 is 1.09 bits per heavy atom. The average molecular weight is 158 g/mol. The normalized spacial score (nSPS) is 8.27. The number of likely N-dealkylation sites (N-methyl/N-ethyl adjacent to an activating group) is 1. The van der Waals surface area contributed by atoms with Gasteiger partial charge in [-0.25, -0.2) is 0 Å². The average Bonchev–Trinajstić information content (AvgIpc) is 2.05. The first kappa shape index (κ1) is 9.61. The van der Waals surface area contributed by atoms with E-state index in [9.17, 15) is 4.79 Å². The van der Waals surface area contributed by atoms with Crippen molar-refractivity contribution in [3.63, 3.8) is 0 Å². The van der Waals surface area contributed by atoms with Gasteiger partial charge in [0, 0.05) is 21.1 Å². The number of nitrogens with one attached hydrogen (secondary N) is 3. The lowest BCUT2D eigenvalue weighted by Gasteiger charge is -2.08. The number of rotatable bonds is 3. The van der Waals surface area contributed by atoms with E-state index in [1.54, 1.807) is 14.1 Å². The minimum absolute atomic E-state index is 0.150. The molecular formula is C6H14N4O. The lowest BCUT2D eigenvalue weighted by atomic mass is 10.4. The van der Waals surface area contributed by atoms with Crippen molar-refractivity contribution in [2.75, 3.05) is 21.1 Å². The van der Waals surface area contributed by atoms with Gasteiger partial charge in [-0.05, 0) is 0 Å². The molecule has 0 saturated carbocycles. The van der Waals surface area contributed by atoms with Crippen molar-refractivity contribution in [3.8, 4) is 0 Å². The third-order valence-corrected chi connectivity index (χ3v) is 1.24. The van der Waals surface area contributed by atoms with Crippen LogP contribution in [0.5, 0.6) is 0 Å². The molecule has 0 rings (SSSR count). The summed E-state index contributed by atoms with van der Waals surface area (Å²) < 4.78 is 0. The standard InChI is InChI=1S/C6H14N4O/c1-8-5(9-2)4(7)6(11)10-3/h8-9H,7H2,1-3H3,(H,10,11). The largest absolute Gasteiger partial charge is 0.391 e. The van der Waals surface area contributed by atoms with Crippen LogP contribution >= 0.6 is 0 Å². The molecular weight excluding hydrogens is 144 g/mol. The van der Waals surface area contributed by atoms with Crippen molar-refractivity contribution >= 4 is 5.91 Å². The Bertz CT molecular complexity index is 169. The highest BCUT2D eigenvalue weighted by Gasteiger charge is 2.06. The molecule has 0 bridgehead atoms. The van der Waals surface area contributed by atoms with Gasteiger partial charge >= 0.3 is 0 Å². The summed E-state index contributed by atoms with van der Waals surface area (Å²) >= 11 is 0. The predicted octanol–water partition coefficient (Wildman–Crippen LogP) is -1.70. The molecule has 0 saturated heterocycles. The second kappa shape index (κ2) is 4.43. The van der Waals surface area contributed by atoms with Gasteiger partial charge in [-0.1, -0.05) is 0 Å². The summed E-state index contributed by atoms with van der Waals surface area (Å²) in [6, 6.07) is 0. The lowest BCUT2D eigenvalue weighted by Crippen LogP contribution is -2.33. The quantitative estimate of drug-likeness (QED) is 0.369. The van der Waals surface area contributed by atoms with Gasteiger partial charge in [-0.3, -0.25) is 4.79 Å². The minimum Gasteiger partial charge on any atom is -0.391 e. The Labute approximate surface area is 66.0 Å². The first-order valence-corrected chi connectivity index (χ1v) is 3.24. The van der Waals surface area contributed by atoms with Gasteiger partial charge in [0.2, 0.25) is 0 Å². The van der Waals surface area contributed by atoms with E-state index in [-0.39, 0.29) is 11.6 Å². The van der Waals surface area contributed by atoms with E-state index in [4.69, 9.17) is 5.73 Å². The summed E-state index contributed by atoms with van der Waals surface area (Å²) in [5.74, 6) is 0.216. The van der Waals surface area contributed by atoms with Gasteiger partial charge in [0.15, 0.2) is 0 Å². The van der Waals surface area contributed by atoms with Crippen LogP contribution in [0.2, 0.25) is 0 Å². The smallest absolute Gasteiger partial charge is 0.270 e. The maximum atomic E-state index is 10.9. The highest BCUT2D eigenvalue weighted by atomic mass is 16.1. The molecule has 64 valence electrons. The highest BCUT2D eigenvalue weighted by molar-refractivity contribution is 5.92. The molecule has 0 atom stereocenters. The molecule has 11 heavy (non-hydrogen) atoms. The van der Waals surface area contributed by atoms with Crippen molar-refractivity contribution < 1.29 is 4.79 Å². The summed E-state index contributed by atoms with van der Waals surface area (Å²) in [5, 5.41) is 7.91. The van der Waals surface area contributed by atoms with Crippen molar-refractivity contribution in [1.29, 1.82) is 0 Å². The zero-order valence-electron chi connectivity index (χ0n) is 6.99. The monoisotopic (exact) mass is 158 g/mol. The van der Waals surface area contributed by atoms with Crippen LogP contribution in [0.4, 0.5) is 0 Å². The van der Waals surface area contributed by atoms with Crippen LogP contribution in [0, 0.1) is 0 Å². The Balaban J connectivity index is 4.46. The van der Waals surface area contributed by atoms with E-state index >= 15 is 0 Å². The number of hydrogen-bond acceptors (Lipinski definition) is 4. The first-order chi connectivity index (χ1) is 5.17. The summed E-state index contributed by atoms with van der Waals surface area (Å²) in [6.45, 7) is 0. The summed E-state index contributed by atoms with van der Waals surface area (Å²) in [6.07, 6.45) is 0. The Morgan fingerprint density at radius 2 is 1.55 bits per heavy atom. The molecule has 5 nitrogen and oxygen atoms in total. The molecule has 5 heteroatoms. The Kier molecular flexibility index (Phi) is 3.87. The maximum Gasteiger partial charge on any atom is 0.270 e. The van der Waals surface area contributed by atoms with Crippen molar-refractivity contribution in [1.82, 2.24) is 16.0 Å². The van der Waals surface area contributed by atoms with E-state index in [0.29, 0.717) is 5.82 Å². The molecule has 0 unspecified atom stereocenters. The van der Waals surface area contributed by atoms with Crippen molar-refractivity contribution in [3.05, 3.63) is 11.5 Å². The van der Waals surface area contributed by atoms with Crippen molar-refractivity contribution in [2.45, 2.75) is 0 Å². The molecule has 0 aliphatic heterocycles. The number of amides is 1. The van der Waals surface area contributed by atoms with Crippen LogP contribution in [-0.4, -0.2) is 27.1 Å². The lowest BCUT2D eigenvalue weighted by molar-refractivity contribution is -0.117. The SMILES string of the molecule is CNC(=O)C(N)=C(NC)NC. The number of carbonyl (C=O) groups is 1. The number of hydrogen-bond donors (Lipinski definition) is 4. The van der Waals surface area contributed by atoms with E-state index in [1.807, 2.05) is 0 Å². The van der Waals surface area contributed by atoms with Crippen LogP contribution in [0.25, 0.3) is 0 Å². The van der Waals surface area contributed by atoms with Crippen LogP contribution < -0.4 is 21.7 Å². The first-order valence-electron chi connectivity index (χ1n) is 3.24. The molecule has 0 aromatic carbocycles. The van der Waals surface area contributed by atoms with Gasteiger partial charge in [-0.2, -0.15) is 0 Å². The molecule has 0 aromatic heterocycles. The number of nitrogens with two attached hydrogens (primary N) is 1. The van der Waals surface area contributed by atoms with E-state index in [1.165, 1.54) is 7.05 Å². The van der Waals surface area contributed by atoms with Gasteiger partial charge in [-0.15, -0.1) is 0 Å². The fraction of sp³-hybridized carbons (Fsp3) is 0.500. The second-order valence-electron chi connectivity index (χ2n) is 1.87. The summed E-state index contributed by atoms with van der Waals surface area (Å²) in [5.41, 5.74) is 5.59. The van der Waals surface area contributed by atoms with E-state index in [2.05, 4.69) is 16.0 Å². The zero-order valence-corrected chi connectivity index (χ0v) is 6.99. The molecule has 5 N–H and O–H groups in total. The third-order valence-electron chi connectivity index (χ3n) is 1.24. The zero-order chi connectivity index (χ0) is 8.85. The van der Waals surface area contributed by atoms with Gasteiger partial charge < -0.3 is 21.7 Å². The molecule has 0 aliphatic rings. The molecule has 0 spiro atoms. The fourth-order valence-electron chi connectivity index (χ4n) is 0.643. The molecule has 0 aromatic rings. The molecule has 0 fully saturated rings. The summed E-state index contributed by atoms with van der Waals surface area (Å²) in [7, 11) is 4.89. The number of carbonyl (C=O) groups excluding carboxylic acids is 1. The third kappa shape index (κ3) is 2.37. The van der Waals surface area contributed by atoms with Crippen LogP contribution in [0.15, 0.2) is 11.5 Å². The molecule has 1 amide bonds. The summed E-state index contributed by atoms with van der Waals surface area (Å²) in [4.78, 5) is 10.9. The van der Waals surface area contributed by atoms with Crippen LogP contribution in [0.3, 0.4) is 0 Å². The Hall–Kier alpha value is -1.39. The Morgan fingerprint density at radius 3 is 1.82 bits per heavy atom. The van der Waals surface area contributed by atoms with Gasteiger partial charge in [0.1, 0.15) is 11.5 Å². The second-order valence-corrected chi connectivity index (χ2v) is 1.87. The van der Waals surface area contributed by atoms with Crippen LogP contribution in [0.1, 0.15) is 0 Å². The minimum atomic E-state index is -0.302. The van der Waals surface area contributed by atoms with Gasteiger partial charge in [0.05, 0.1) is 0 Å². The fourth-order valence-corrected chi connectivity index (χ4v) is 0.643. The highest BCUT2D eigenvalue weighted by Crippen LogP contribution is 1.87. The molecule has 0 heterocycles. The van der Waals surface area contributed by atoms with Crippen LogP contribution in [-0.2, 0) is 4.79 Å². The van der Waals surface area contributed by atoms with Crippen molar-refractivity contribution in [2.24, 2.45) is 5.73 Å². The molecule has 0 aliphatic carbocycles. The molecule has 0 radical (unpaired) electrons. The van der Waals surface area contributed by atoms with Gasteiger partial charge in [0.25, 0.3) is 5.91 Å². The predicted molar refractivity (Wildman–Crippen MR) is 43.4 cm³/mol. The topological polar surface area (TPSA) is 79.2 Å². The maximum absolute atomic E-state index is 10.9.